The van der Waals surface area contributed by atoms with Gasteiger partial charge in [0.1, 0.15) is 5.52 Å². The molecule has 2 aromatic carbocycles. The van der Waals surface area contributed by atoms with Gasteiger partial charge < -0.3 is 9.73 Å². The van der Waals surface area contributed by atoms with Crippen LogP contribution in [0.2, 0.25) is 5.02 Å². The number of carbonyl (C=O) groups excluding carboxylic acids is 1. The van der Waals surface area contributed by atoms with Gasteiger partial charge in [-0.2, -0.15) is 0 Å². The Morgan fingerprint density at radius 2 is 2.04 bits per heavy atom. The Balaban J connectivity index is 1.39. The van der Waals surface area contributed by atoms with E-state index >= 15 is 0 Å². The van der Waals surface area contributed by atoms with Crippen LogP contribution in [0, 0.1) is 0 Å². The summed E-state index contributed by atoms with van der Waals surface area (Å²) in [4.78, 5) is 16.2. The Hall–Kier alpha value is -1.98. The molecule has 3 rings (SSSR count). The normalized spacial score (nSPS) is 10.9. The molecule has 4 nitrogen and oxygen atoms in total. The van der Waals surface area contributed by atoms with Gasteiger partial charge in [-0.25, -0.2) is 4.98 Å². The third-order valence-corrected chi connectivity index (χ3v) is 4.53. The summed E-state index contributed by atoms with van der Waals surface area (Å²) < 4.78 is 5.61. The van der Waals surface area contributed by atoms with Gasteiger partial charge in [0.05, 0.1) is 0 Å². The van der Waals surface area contributed by atoms with Crippen molar-refractivity contribution in [3.8, 4) is 0 Å². The number of rotatable bonds is 7. The van der Waals surface area contributed by atoms with E-state index in [4.69, 9.17) is 16.0 Å². The molecule has 0 fully saturated rings. The van der Waals surface area contributed by atoms with Gasteiger partial charge in [0.15, 0.2) is 5.58 Å². The zero-order chi connectivity index (χ0) is 16.8. The lowest BCUT2D eigenvalue weighted by Gasteiger charge is -2.04. The number of amides is 1. The third kappa shape index (κ3) is 4.76. The lowest BCUT2D eigenvalue weighted by atomic mass is 10.1. The number of fused-ring (bicyclic) bond motifs is 1. The Kier molecular flexibility index (Phi) is 5.77. The van der Waals surface area contributed by atoms with Crippen molar-refractivity contribution in [2.75, 3.05) is 12.3 Å². The lowest BCUT2D eigenvalue weighted by Crippen LogP contribution is -2.25. The van der Waals surface area contributed by atoms with Crippen LogP contribution in [-0.4, -0.2) is 23.2 Å². The highest BCUT2D eigenvalue weighted by Gasteiger charge is 2.08. The fourth-order valence-electron chi connectivity index (χ4n) is 2.25. The predicted octanol–water partition coefficient (Wildman–Crippen LogP) is 4.32. The topological polar surface area (TPSA) is 55.1 Å². The minimum Gasteiger partial charge on any atom is -0.431 e. The van der Waals surface area contributed by atoms with Gasteiger partial charge in [-0.05, 0) is 30.2 Å². The summed E-state index contributed by atoms with van der Waals surface area (Å²) in [6, 6.07) is 15.4. The molecule has 124 valence electrons. The number of benzene rings is 2. The van der Waals surface area contributed by atoms with E-state index in [1.807, 2.05) is 18.2 Å². The molecule has 1 aromatic heterocycles. The van der Waals surface area contributed by atoms with Crippen molar-refractivity contribution in [2.24, 2.45) is 0 Å². The van der Waals surface area contributed by atoms with Gasteiger partial charge in [0.25, 0.3) is 5.22 Å². The highest BCUT2D eigenvalue weighted by Crippen LogP contribution is 2.25. The van der Waals surface area contributed by atoms with E-state index in [1.54, 1.807) is 18.2 Å². The Bertz CT molecular complexity index is 820. The second-order valence-corrected chi connectivity index (χ2v) is 6.76. The molecule has 0 aliphatic rings. The standard InChI is InChI=1S/C18H17ClN2O2S/c19-14-6-7-16-15(12-14)21-18(23-16)24-11-9-17(22)20-10-8-13-4-2-1-3-5-13/h1-7,12H,8-11H2,(H,20,22). The van der Waals surface area contributed by atoms with E-state index in [0.29, 0.717) is 34.5 Å². The minimum atomic E-state index is 0.0394. The molecule has 1 amide bonds. The summed E-state index contributed by atoms with van der Waals surface area (Å²) in [6.45, 7) is 0.648. The maximum absolute atomic E-state index is 11.8. The molecular weight excluding hydrogens is 344 g/mol. The smallest absolute Gasteiger partial charge is 0.256 e. The first-order valence-corrected chi connectivity index (χ1v) is 9.06. The van der Waals surface area contributed by atoms with Crippen molar-refractivity contribution in [1.29, 1.82) is 0 Å². The van der Waals surface area contributed by atoms with Gasteiger partial charge in [-0.15, -0.1) is 0 Å². The number of oxazole rings is 1. The van der Waals surface area contributed by atoms with E-state index in [2.05, 4.69) is 22.4 Å². The van der Waals surface area contributed by atoms with Crippen LogP contribution >= 0.6 is 23.4 Å². The Morgan fingerprint density at radius 1 is 1.21 bits per heavy atom. The molecule has 3 aromatic rings. The van der Waals surface area contributed by atoms with Crippen molar-refractivity contribution in [3.63, 3.8) is 0 Å². The first-order valence-electron chi connectivity index (χ1n) is 7.70. The van der Waals surface area contributed by atoms with E-state index in [9.17, 15) is 4.79 Å². The van der Waals surface area contributed by atoms with Gasteiger partial charge in [0, 0.05) is 23.7 Å². The summed E-state index contributed by atoms with van der Waals surface area (Å²) in [7, 11) is 0. The van der Waals surface area contributed by atoms with Crippen LogP contribution in [0.1, 0.15) is 12.0 Å². The lowest BCUT2D eigenvalue weighted by molar-refractivity contribution is -0.120. The summed E-state index contributed by atoms with van der Waals surface area (Å²) in [5, 5.41) is 4.12. The van der Waals surface area contributed by atoms with Gasteiger partial charge >= 0.3 is 0 Å². The van der Waals surface area contributed by atoms with Crippen molar-refractivity contribution >= 4 is 40.4 Å². The maximum Gasteiger partial charge on any atom is 0.256 e. The summed E-state index contributed by atoms with van der Waals surface area (Å²) >= 11 is 7.35. The molecule has 0 saturated heterocycles. The van der Waals surface area contributed by atoms with Crippen LogP contribution in [0.25, 0.3) is 11.1 Å². The molecule has 24 heavy (non-hydrogen) atoms. The molecule has 6 heteroatoms. The van der Waals surface area contributed by atoms with Crippen molar-refractivity contribution in [1.82, 2.24) is 10.3 Å². The molecule has 1 heterocycles. The molecule has 0 bridgehead atoms. The number of thioether (sulfide) groups is 1. The zero-order valence-electron chi connectivity index (χ0n) is 13.0. The summed E-state index contributed by atoms with van der Waals surface area (Å²) in [5.41, 5.74) is 2.66. The predicted molar refractivity (Wildman–Crippen MR) is 97.5 cm³/mol. The van der Waals surface area contributed by atoms with Gasteiger partial charge in [0.2, 0.25) is 5.91 Å². The number of aromatic nitrogens is 1. The van der Waals surface area contributed by atoms with Crippen LogP contribution in [0.4, 0.5) is 0 Å². The molecule has 0 unspecified atom stereocenters. The quantitative estimate of drug-likeness (QED) is 0.637. The molecule has 0 atom stereocenters. The Labute approximate surface area is 149 Å². The van der Waals surface area contributed by atoms with Gasteiger partial charge in [-0.1, -0.05) is 53.7 Å². The van der Waals surface area contributed by atoms with Crippen LogP contribution in [-0.2, 0) is 11.2 Å². The molecule has 1 N–H and O–H groups in total. The van der Waals surface area contributed by atoms with Crippen LogP contribution in [0.15, 0.2) is 58.2 Å². The number of nitrogens with zero attached hydrogens (tertiary/aromatic N) is 1. The van der Waals surface area contributed by atoms with E-state index in [-0.39, 0.29) is 5.91 Å². The van der Waals surface area contributed by atoms with Crippen molar-refractivity contribution in [3.05, 3.63) is 59.1 Å². The summed E-state index contributed by atoms with van der Waals surface area (Å²) in [5.74, 6) is 0.662. The average molecular weight is 361 g/mol. The minimum absolute atomic E-state index is 0.0394. The van der Waals surface area contributed by atoms with Crippen molar-refractivity contribution in [2.45, 2.75) is 18.1 Å². The summed E-state index contributed by atoms with van der Waals surface area (Å²) in [6.07, 6.45) is 1.27. The largest absolute Gasteiger partial charge is 0.431 e. The highest BCUT2D eigenvalue weighted by molar-refractivity contribution is 7.99. The first kappa shape index (κ1) is 16.9. The first-order chi connectivity index (χ1) is 11.7. The number of halogens is 1. The van der Waals surface area contributed by atoms with E-state index in [0.717, 1.165) is 11.9 Å². The van der Waals surface area contributed by atoms with Crippen LogP contribution in [0.3, 0.4) is 0 Å². The van der Waals surface area contributed by atoms with Crippen LogP contribution in [0.5, 0.6) is 0 Å². The zero-order valence-corrected chi connectivity index (χ0v) is 14.6. The Morgan fingerprint density at radius 3 is 2.88 bits per heavy atom. The molecule has 0 spiro atoms. The number of nitrogens with one attached hydrogen (secondary N) is 1. The number of carbonyl (C=O) groups is 1. The number of hydrogen-bond donors (Lipinski definition) is 1. The maximum atomic E-state index is 11.8. The monoisotopic (exact) mass is 360 g/mol. The molecule has 0 radical (unpaired) electrons. The average Bonchev–Trinajstić information content (AvgIpc) is 2.97. The van der Waals surface area contributed by atoms with Gasteiger partial charge in [-0.3, -0.25) is 4.79 Å². The van der Waals surface area contributed by atoms with E-state index in [1.165, 1.54) is 17.3 Å². The fourth-order valence-corrected chi connectivity index (χ4v) is 3.19. The fraction of sp³-hybridized carbons (Fsp3) is 0.222. The highest BCUT2D eigenvalue weighted by atomic mass is 35.5. The molecule has 0 saturated carbocycles. The molecule has 0 aliphatic heterocycles. The van der Waals surface area contributed by atoms with Crippen LogP contribution < -0.4 is 5.32 Å². The van der Waals surface area contributed by atoms with Crippen molar-refractivity contribution < 1.29 is 9.21 Å². The SMILES string of the molecule is O=C(CCSc1nc2cc(Cl)ccc2o1)NCCc1ccccc1. The third-order valence-electron chi connectivity index (χ3n) is 3.46. The van der Waals surface area contributed by atoms with E-state index < -0.39 is 0 Å². The molecular formula is C18H17ClN2O2S. The second-order valence-electron chi connectivity index (χ2n) is 5.28. The second kappa shape index (κ2) is 8.22. The molecule has 0 aliphatic carbocycles. The number of hydrogen-bond acceptors (Lipinski definition) is 4.